The molecule has 0 unspecified atom stereocenters. The lowest BCUT2D eigenvalue weighted by Crippen LogP contribution is -2.38. The van der Waals surface area contributed by atoms with Crippen LogP contribution in [0.25, 0.3) is 0 Å². The normalized spacial score (nSPS) is 26.3. The number of anilines is 1. The molecule has 1 aliphatic carbocycles. The number of hydrogen-bond acceptors (Lipinski definition) is 3. The molecular weight excluding hydrogens is 328 g/mol. The Bertz CT molecular complexity index is 734. The fourth-order valence-corrected chi connectivity index (χ4v) is 4.20. The van der Waals surface area contributed by atoms with E-state index in [0.29, 0.717) is 30.0 Å². The van der Waals surface area contributed by atoms with Crippen LogP contribution in [0.2, 0.25) is 0 Å². The first-order valence-corrected chi connectivity index (χ1v) is 9.48. The highest BCUT2D eigenvalue weighted by Crippen LogP contribution is 2.37. The molecule has 2 atom stereocenters. The molecule has 0 aromatic heterocycles. The maximum Gasteiger partial charge on any atom is 0.253 e. The van der Waals surface area contributed by atoms with Crippen LogP contribution in [0, 0.1) is 17.8 Å². The van der Waals surface area contributed by atoms with Gasteiger partial charge in [-0.15, -0.1) is 0 Å². The number of allylic oxidation sites excluding steroid dienone is 2. The maximum absolute atomic E-state index is 12.6. The Hall–Kier alpha value is -2.43. The summed E-state index contributed by atoms with van der Waals surface area (Å²) in [6.07, 6.45) is 7.31. The molecule has 26 heavy (non-hydrogen) atoms. The van der Waals surface area contributed by atoms with E-state index in [4.69, 9.17) is 0 Å². The Morgan fingerprint density at radius 2 is 1.46 bits per heavy atom. The first-order valence-electron chi connectivity index (χ1n) is 9.48. The molecule has 5 heteroatoms. The number of hydrogen-bond donors (Lipinski definition) is 0. The molecule has 2 heterocycles. The van der Waals surface area contributed by atoms with Crippen molar-refractivity contribution in [1.82, 2.24) is 4.90 Å². The van der Waals surface area contributed by atoms with E-state index in [1.165, 1.54) is 4.90 Å². The second kappa shape index (κ2) is 6.71. The molecule has 0 radical (unpaired) electrons. The van der Waals surface area contributed by atoms with Crippen LogP contribution >= 0.6 is 0 Å². The monoisotopic (exact) mass is 352 g/mol. The first kappa shape index (κ1) is 17.0. The molecule has 0 bridgehead atoms. The SMILES string of the molecule is CC1CCN(C(=O)c2ccc(N3C(=O)[C@H]4CC=CC[C@@H]4C3=O)cc2)CC1. The summed E-state index contributed by atoms with van der Waals surface area (Å²) in [5.41, 5.74) is 1.18. The van der Waals surface area contributed by atoms with Gasteiger partial charge in [0.15, 0.2) is 0 Å². The van der Waals surface area contributed by atoms with Gasteiger partial charge in [0.1, 0.15) is 0 Å². The third kappa shape index (κ3) is 2.85. The minimum atomic E-state index is -0.232. The van der Waals surface area contributed by atoms with Gasteiger partial charge in [0.05, 0.1) is 17.5 Å². The van der Waals surface area contributed by atoms with Crippen molar-refractivity contribution in [3.63, 3.8) is 0 Å². The summed E-state index contributed by atoms with van der Waals surface area (Å²) in [7, 11) is 0. The van der Waals surface area contributed by atoms with Crippen molar-refractivity contribution in [3.8, 4) is 0 Å². The average Bonchev–Trinajstić information content (AvgIpc) is 2.93. The zero-order valence-corrected chi connectivity index (χ0v) is 15.1. The summed E-state index contributed by atoms with van der Waals surface area (Å²) in [6, 6.07) is 6.91. The molecule has 0 N–H and O–H groups in total. The number of rotatable bonds is 2. The second-order valence-corrected chi connectivity index (χ2v) is 7.69. The van der Waals surface area contributed by atoms with Gasteiger partial charge in [0.25, 0.3) is 5.91 Å². The number of carbonyl (C=O) groups excluding carboxylic acids is 3. The Labute approximate surface area is 153 Å². The van der Waals surface area contributed by atoms with E-state index in [-0.39, 0.29) is 29.6 Å². The van der Waals surface area contributed by atoms with Gasteiger partial charge in [-0.3, -0.25) is 19.3 Å². The fraction of sp³-hybridized carbons (Fsp3) is 0.476. The molecule has 0 spiro atoms. The number of imide groups is 1. The Morgan fingerprint density at radius 1 is 0.923 bits per heavy atom. The second-order valence-electron chi connectivity index (χ2n) is 7.69. The van der Waals surface area contributed by atoms with Crippen LogP contribution < -0.4 is 4.90 Å². The maximum atomic E-state index is 12.6. The van der Waals surface area contributed by atoms with Crippen molar-refractivity contribution in [1.29, 1.82) is 0 Å². The quantitative estimate of drug-likeness (QED) is 0.607. The standard InChI is InChI=1S/C21H24N2O3/c1-14-10-12-22(13-11-14)19(24)15-6-8-16(9-7-15)23-20(25)17-4-2-3-5-18(17)21(23)26/h2-3,6-9,14,17-18H,4-5,10-13H2,1H3/t17-,18-/m0/s1. The number of piperidine rings is 1. The summed E-state index contributed by atoms with van der Waals surface area (Å²) in [4.78, 5) is 41.1. The van der Waals surface area contributed by atoms with E-state index in [0.717, 1.165) is 25.9 Å². The van der Waals surface area contributed by atoms with Gasteiger partial charge in [-0.2, -0.15) is 0 Å². The zero-order valence-electron chi connectivity index (χ0n) is 15.1. The average molecular weight is 352 g/mol. The highest BCUT2D eigenvalue weighted by Gasteiger charge is 2.47. The molecule has 5 nitrogen and oxygen atoms in total. The van der Waals surface area contributed by atoms with Crippen molar-refractivity contribution < 1.29 is 14.4 Å². The molecule has 2 aliphatic heterocycles. The van der Waals surface area contributed by atoms with E-state index in [1.54, 1.807) is 24.3 Å². The summed E-state index contributed by atoms with van der Waals surface area (Å²) >= 11 is 0. The van der Waals surface area contributed by atoms with Crippen molar-refractivity contribution in [2.45, 2.75) is 32.6 Å². The van der Waals surface area contributed by atoms with Gasteiger partial charge in [0.2, 0.25) is 11.8 Å². The van der Waals surface area contributed by atoms with E-state index >= 15 is 0 Å². The van der Waals surface area contributed by atoms with E-state index in [9.17, 15) is 14.4 Å². The number of carbonyl (C=O) groups is 3. The van der Waals surface area contributed by atoms with Crippen molar-refractivity contribution in [2.24, 2.45) is 17.8 Å². The molecule has 3 aliphatic rings. The first-order chi connectivity index (χ1) is 12.6. The molecule has 1 aromatic carbocycles. The van der Waals surface area contributed by atoms with E-state index in [2.05, 4.69) is 6.92 Å². The number of amides is 3. The van der Waals surface area contributed by atoms with Crippen LogP contribution in [0.4, 0.5) is 5.69 Å². The van der Waals surface area contributed by atoms with Gasteiger partial charge < -0.3 is 4.90 Å². The van der Waals surface area contributed by atoms with Crippen molar-refractivity contribution >= 4 is 23.4 Å². The van der Waals surface area contributed by atoms with E-state index in [1.807, 2.05) is 17.1 Å². The topological polar surface area (TPSA) is 57.7 Å². The van der Waals surface area contributed by atoms with Crippen LogP contribution in [-0.4, -0.2) is 35.7 Å². The van der Waals surface area contributed by atoms with E-state index < -0.39 is 0 Å². The Kier molecular flexibility index (Phi) is 4.39. The number of fused-ring (bicyclic) bond motifs is 1. The lowest BCUT2D eigenvalue weighted by atomic mass is 9.85. The van der Waals surface area contributed by atoms with Crippen LogP contribution in [0.5, 0.6) is 0 Å². The van der Waals surface area contributed by atoms with Crippen molar-refractivity contribution in [2.75, 3.05) is 18.0 Å². The third-order valence-corrected chi connectivity index (χ3v) is 5.95. The molecular formula is C21H24N2O3. The fourth-order valence-electron chi connectivity index (χ4n) is 4.20. The Morgan fingerprint density at radius 3 is 2.00 bits per heavy atom. The summed E-state index contributed by atoms with van der Waals surface area (Å²) in [6.45, 7) is 3.80. The predicted octanol–water partition coefficient (Wildman–Crippen LogP) is 3.01. The largest absolute Gasteiger partial charge is 0.339 e. The smallest absolute Gasteiger partial charge is 0.253 e. The molecule has 2 fully saturated rings. The van der Waals surface area contributed by atoms with Crippen LogP contribution in [0.15, 0.2) is 36.4 Å². The summed E-state index contributed by atoms with van der Waals surface area (Å²) in [5, 5.41) is 0. The van der Waals surface area contributed by atoms with Gasteiger partial charge >= 0.3 is 0 Å². The Balaban J connectivity index is 1.50. The highest BCUT2D eigenvalue weighted by atomic mass is 16.2. The predicted molar refractivity (Wildman–Crippen MR) is 98.6 cm³/mol. The van der Waals surface area contributed by atoms with Crippen LogP contribution in [0.1, 0.15) is 43.0 Å². The lowest BCUT2D eigenvalue weighted by molar-refractivity contribution is -0.122. The zero-order chi connectivity index (χ0) is 18.3. The summed E-state index contributed by atoms with van der Waals surface area (Å²) in [5.74, 6) is 0.00206. The number of nitrogens with zero attached hydrogens (tertiary/aromatic N) is 2. The van der Waals surface area contributed by atoms with Gasteiger partial charge in [-0.25, -0.2) is 0 Å². The lowest BCUT2D eigenvalue weighted by Gasteiger charge is -2.30. The molecule has 136 valence electrons. The van der Waals surface area contributed by atoms with Gasteiger partial charge in [0, 0.05) is 18.7 Å². The minimum absolute atomic E-state index is 0.0281. The molecule has 0 saturated carbocycles. The highest BCUT2D eigenvalue weighted by molar-refractivity contribution is 6.22. The van der Waals surface area contributed by atoms with Crippen LogP contribution in [-0.2, 0) is 9.59 Å². The van der Waals surface area contributed by atoms with Gasteiger partial charge in [-0.05, 0) is 55.9 Å². The van der Waals surface area contributed by atoms with Gasteiger partial charge in [-0.1, -0.05) is 19.1 Å². The molecule has 1 aromatic rings. The molecule has 3 amide bonds. The van der Waals surface area contributed by atoms with Crippen molar-refractivity contribution in [3.05, 3.63) is 42.0 Å². The minimum Gasteiger partial charge on any atom is -0.339 e. The third-order valence-electron chi connectivity index (χ3n) is 5.95. The molecule has 2 saturated heterocycles. The molecule has 4 rings (SSSR count). The number of benzene rings is 1. The summed E-state index contributed by atoms with van der Waals surface area (Å²) < 4.78 is 0. The number of likely N-dealkylation sites (tertiary alicyclic amines) is 1. The van der Waals surface area contributed by atoms with Crippen LogP contribution in [0.3, 0.4) is 0 Å².